The van der Waals surface area contributed by atoms with Crippen LogP contribution in [0.1, 0.15) is 5.56 Å². The Bertz CT molecular complexity index is 775. The van der Waals surface area contributed by atoms with Crippen LogP contribution in [0.25, 0.3) is 22.0 Å². The highest BCUT2D eigenvalue weighted by molar-refractivity contribution is 5.92. The topological polar surface area (TPSA) is 54.7 Å². The number of aromatic nitrogens is 2. The SMILES string of the molecule is Nc1n[nH]c2cc(-c3ccccc3C(F)(F)F)ccc12. The summed E-state index contributed by atoms with van der Waals surface area (Å²) in [6, 6.07) is 10.4. The monoisotopic (exact) mass is 277 g/mol. The Kier molecular flexibility index (Phi) is 2.67. The Hall–Kier alpha value is -2.50. The number of hydrogen-bond donors (Lipinski definition) is 2. The fraction of sp³-hybridized carbons (Fsp3) is 0.0714. The number of nitrogens with zero attached hydrogens (tertiary/aromatic N) is 1. The second kappa shape index (κ2) is 4.26. The van der Waals surface area contributed by atoms with Crippen LogP contribution in [-0.4, -0.2) is 10.2 Å². The molecular formula is C14H10F3N3. The van der Waals surface area contributed by atoms with Crippen molar-refractivity contribution < 1.29 is 13.2 Å². The van der Waals surface area contributed by atoms with Crippen LogP contribution in [0.5, 0.6) is 0 Å². The van der Waals surface area contributed by atoms with Crippen molar-refractivity contribution in [2.45, 2.75) is 6.18 Å². The molecule has 2 aromatic carbocycles. The number of benzene rings is 2. The maximum absolute atomic E-state index is 13.0. The van der Waals surface area contributed by atoms with Crippen LogP contribution in [-0.2, 0) is 6.18 Å². The van der Waals surface area contributed by atoms with Crippen LogP contribution in [0.4, 0.5) is 19.0 Å². The molecule has 0 fully saturated rings. The van der Waals surface area contributed by atoms with E-state index in [1.807, 2.05) is 0 Å². The largest absolute Gasteiger partial charge is 0.417 e. The zero-order valence-electron chi connectivity index (χ0n) is 10.2. The predicted octanol–water partition coefficient (Wildman–Crippen LogP) is 3.83. The van der Waals surface area contributed by atoms with Gasteiger partial charge in [0, 0.05) is 5.39 Å². The highest BCUT2D eigenvalue weighted by Gasteiger charge is 2.33. The van der Waals surface area contributed by atoms with Crippen LogP contribution in [0.2, 0.25) is 0 Å². The molecule has 0 bridgehead atoms. The van der Waals surface area contributed by atoms with E-state index in [0.717, 1.165) is 6.07 Å². The lowest BCUT2D eigenvalue weighted by molar-refractivity contribution is -0.137. The highest BCUT2D eigenvalue weighted by Crippen LogP contribution is 2.37. The molecule has 3 N–H and O–H groups in total. The molecule has 102 valence electrons. The summed E-state index contributed by atoms with van der Waals surface area (Å²) in [5.74, 6) is 0.329. The molecule has 0 amide bonds. The summed E-state index contributed by atoms with van der Waals surface area (Å²) in [6.07, 6.45) is -4.39. The van der Waals surface area contributed by atoms with Gasteiger partial charge < -0.3 is 5.73 Å². The molecule has 3 aromatic rings. The van der Waals surface area contributed by atoms with Crippen molar-refractivity contribution in [3.05, 3.63) is 48.0 Å². The van der Waals surface area contributed by atoms with E-state index in [2.05, 4.69) is 10.2 Å². The first-order valence-electron chi connectivity index (χ1n) is 5.87. The minimum Gasteiger partial charge on any atom is -0.382 e. The average molecular weight is 277 g/mol. The zero-order chi connectivity index (χ0) is 14.3. The van der Waals surface area contributed by atoms with Gasteiger partial charge in [0.15, 0.2) is 5.82 Å². The summed E-state index contributed by atoms with van der Waals surface area (Å²) in [7, 11) is 0. The summed E-state index contributed by atoms with van der Waals surface area (Å²) in [5, 5.41) is 7.23. The van der Waals surface area contributed by atoms with Crippen LogP contribution in [0, 0.1) is 0 Å². The van der Waals surface area contributed by atoms with Crippen molar-refractivity contribution in [3.8, 4) is 11.1 Å². The van der Waals surface area contributed by atoms with Gasteiger partial charge in [-0.25, -0.2) is 0 Å². The van der Waals surface area contributed by atoms with Crippen molar-refractivity contribution in [3.63, 3.8) is 0 Å². The van der Waals surface area contributed by atoms with Gasteiger partial charge >= 0.3 is 6.18 Å². The number of nitrogens with two attached hydrogens (primary N) is 1. The van der Waals surface area contributed by atoms with Crippen LogP contribution in [0.15, 0.2) is 42.5 Å². The molecule has 0 aliphatic carbocycles. The molecule has 3 rings (SSSR count). The molecule has 20 heavy (non-hydrogen) atoms. The number of nitrogen functional groups attached to an aromatic ring is 1. The predicted molar refractivity (Wildman–Crippen MR) is 70.9 cm³/mol. The molecule has 6 heteroatoms. The van der Waals surface area contributed by atoms with Gasteiger partial charge in [0.25, 0.3) is 0 Å². The lowest BCUT2D eigenvalue weighted by Gasteiger charge is -2.12. The third-order valence-corrected chi connectivity index (χ3v) is 3.14. The van der Waals surface area contributed by atoms with Gasteiger partial charge in [-0.2, -0.15) is 18.3 Å². The van der Waals surface area contributed by atoms with Gasteiger partial charge in [0.1, 0.15) is 0 Å². The third-order valence-electron chi connectivity index (χ3n) is 3.14. The summed E-state index contributed by atoms with van der Waals surface area (Å²) in [6.45, 7) is 0. The van der Waals surface area contributed by atoms with E-state index >= 15 is 0 Å². The van der Waals surface area contributed by atoms with Gasteiger partial charge in [-0.1, -0.05) is 24.3 Å². The van der Waals surface area contributed by atoms with Gasteiger partial charge in [0.2, 0.25) is 0 Å². The van der Waals surface area contributed by atoms with E-state index < -0.39 is 11.7 Å². The van der Waals surface area contributed by atoms with E-state index in [1.165, 1.54) is 12.1 Å². The van der Waals surface area contributed by atoms with Crippen LogP contribution >= 0.6 is 0 Å². The van der Waals surface area contributed by atoms with Gasteiger partial charge in [-0.15, -0.1) is 0 Å². The normalized spacial score (nSPS) is 11.9. The number of halogens is 3. The molecule has 0 atom stereocenters. The molecule has 0 aliphatic heterocycles. The quantitative estimate of drug-likeness (QED) is 0.710. The molecule has 0 saturated heterocycles. The molecule has 0 aliphatic rings. The summed E-state index contributed by atoms with van der Waals surface area (Å²) in [4.78, 5) is 0. The van der Waals surface area contributed by atoms with E-state index in [0.29, 0.717) is 22.3 Å². The van der Waals surface area contributed by atoms with Gasteiger partial charge in [-0.3, -0.25) is 5.10 Å². The zero-order valence-corrected chi connectivity index (χ0v) is 10.2. The Morgan fingerprint density at radius 3 is 2.55 bits per heavy atom. The standard InChI is InChI=1S/C14H10F3N3/c15-14(16,17)11-4-2-1-3-9(11)8-5-6-10-12(7-8)19-20-13(10)18/h1-7H,(H3,18,19,20). The van der Waals surface area contributed by atoms with E-state index in [4.69, 9.17) is 5.73 Å². The molecule has 0 spiro atoms. The highest BCUT2D eigenvalue weighted by atomic mass is 19.4. The lowest BCUT2D eigenvalue weighted by Crippen LogP contribution is -2.06. The third kappa shape index (κ3) is 1.99. The molecule has 0 saturated carbocycles. The molecule has 0 unspecified atom stereocenters. The number of H-pyrrole nitrogens is 1. The Morgan fingerprint density at radius 2 is 1.80 bits per heavy atom. The van der Waals surface area contributed by atoms with Gasteiger partial charge in [-0.05, 0) is 29.3 Å². The van der Waals surface area contributed by atoms with Crippen molar-refractivity contribution in [1.29, 1.82) is 0 Å². The minimum absolute atomic E-state index is 0.134. The van der Waals surface area contributed by atoms with E-state index in [1.54, 1.807) is 24.3 Å². The molecule has 3 nitrogen and oxygen atoms in total. The Labute approximate surface area is 112 Å². The second-order valence-corrected chi connectivity index (χ2v) is 4.41. The molecule has 0 radical (unpaired) electrons. The van der Waals surface area contributed by atoms with E-state index in [9.17, 15) is 13.2 Å². The van der Waals surface area contributed by atoms with Crippen molar-refractivity contribution in [2.24, 2.45) is 0 Å². The van der Waals surface area contributed by atoms with E-state index in [-0.39, 0.29) is 5.56 Å². The Morgan fingerprint density at radius 1 is 1.05 bits per heavy atom. The number of alkyl halides is 3. The van der Waals surface area contributed by atoms with Crippen molar-refractivity contribution >= 4 is 16.7 Å². The number of anilines is 1. The maximum Gasteiger partial charge on any atom is 0.417 e. The Balaban J connectivity index is 2.21. The molecule has 1 heterocycles. The first-order chi connectivity index (χ1) is 9.47. The molecule has 1 aromatic heterocycles. The van der Waals surface area contributed by atoms with Crippen LogP contribution in [0.3, 0.4) is 0 Å². The number of rotatable bonds is 1. The second-order valence-electron chi connectivity index (χ2n) is 4.41. The van der Waals surface area contributed by atoms with Crippen molar-refractivity contribution in [1.82, 2.24) is 10.2 Å². The van der Waals surface area contributed by atoms with Crippen LogP contribution < -0.4 is 5.73 Å². The first-order valence-corrected chi connectivity index (χ1v) is 5.87. The average Bonchev–Trinajstić information content (AvgIpc) is 2.79. The lowest BCUT2D eigenvalue weighted by atomic mass is 9.98. The molecular weight excluding hydrogens is 267 g/mol. The number of aromatic amines is 1. The fourth-order valence-corrected chi connectivity index (χ4v) is 2.19. The number of fused-ring (bicyclic) bond motifs is 1. The first kappa shape index (κ1) is 12.5. The maximum atomic E-state index is 13.0. The fourth-order valence-electron chi connectivity index (χ4n) is 2.19. The smallest absolute Gasteiger partial charge is 0.382 e. The summed E-state index contributed by atoms with van der Waals surface area (Å²) < 4.78 is 39.0. The summed E-state index contributed by atoms with van der Waals surface area (Å²) in [5.41, 5.74) is 6.19. The number of nitrogens with one attached hydrogen (secondary N) is 1. The minimum atomic E-state index is -4.39. The number of hydrogen-bond acceptors (Lipinski definition) is 2. The van der Waals surface area contributed by atoms with Crippen molar-refractivity contribution in [2.75, 3.05) is 5.73 Å². The van der Waals surface area contributed by atoms with Gasteiger partial charge in [0.05, 0.1) is 11.1 Å². The summed E-state index contributed by atoms with van der Waals surface area (Å²) >= 11 is 0.